The van der Waals surface area contributed by atoms with Crippen LogP contribution < -0.4 is 14.8 Å². The van der Waals surface area contributed by atoms with E-state index in [0.717, 1.165) is 16.9 Å². The Morgan fingerprint density at radius 3 is 2.35 bits per heavy atom. The molecule has 0 unspecified atom stereocenters. The number of nitrogens with one attached hydrogen (secondary N) is 1. The highest BCUT2D eigenvalue weighted by atomic mass is 16.5. The minimum absolute atomic E-state index is 0.0788. The van der Waals surface area contributed by atoms with E-state index in [1.54, 1.807) is 32.4 Å². The summed E-state index contributed by atoms with van der Waals surface area (Å²) in [5, 5.41) is 23.2. The maximum Gasteiger partial charge on any atom is 0.123 e. The van der Waals surface area contributed by atoms with E-state index in [2.05, 4.69) is 5.32 Å². The van der Waals surface area contributed by atoms with Crippen LogP contribution in [-0.4, -0.2) is 31.0 Å². The van der Waals surface area contributed by atoms with E-state index in [0.29, 0.717) is 12.3 Å². The Kier molecular flexibility index (Phi) is 5.84. The highest BCUT2D eigenvalue weighted by Gasteiger charge is 2.14. The maximum absolute atomic E-state index is 10.3. The predicted molar refractivity (Wildman–Crippen MR) is 89.0 cm³/mol. The van der Waals surface area contributed by atoms with Gasteiger partial charge in [0.1, 0.15) is 17.2 Å². The molecular formula is C18H23NO4. The summed E-state index contributed by atoms with van der Waals surface area (Å²) in [6, 6.07) is 12.2. The molecule has 3 N–H and O–H groups in total. The van der Waals surface area contributed by atoms with Gasteiger partial charge in [0.05, 0.1) is 20.3 Å². The highest BCUT2D eigenvalue weighted by molar-refractivity contribution is 5.41. The molecule has 5 heteroatoms. The fraction of sp³-hybridized carbons (Fsp3) is 0.333. The van der Waals surface area contributed by atoms with E-state index in [1.807, 2.05) is 31.2 Å². The van der Waals surface area contributed by atoms with Crippen molar-refractivity contribution in [3.8, 4) is 17.2 Å². The van der Waals surface area contributed by atoms with Gasteiger partial charge in [0.2, 0.25) is 0 Å². The van der Waals surface area contributed by atoms with Gasteiger partial charge in [-0.05, 0) is 42.8 Å². The smallest absolute Gasteiger partial charge is 0.123 e. The number of ether oxygens (including phenoxy) is 2. The van der Waals surface area contributed by atoms with Crippen LogP contribution in [0.15, 0.2) is 42.5 Å². The van der Waals surface area contributed by atoms with Crippen LogP contribution in [0.5, 0.6) is 17.2 Å². The Morgan fingerprint density at radius 2 is 1.74 bits per heavy atom. The molecule has 0 heterocycles. The van der Waals surface area contributed by atoms with Crippen LogP contribution in [0.4, 0.5) is 0 Å². The fourth-order valence-electron chi connectivity index (χ4n) is 2.40. The first-order chi connectivity index (χ1) is 11.0. The van der Waals surface area contributed by atoms with Crippen LogP contribution in [0.3, 0.4) is 0 Å². The first kappa shape index (κ1) is 17.1. The van der Waals surface area contributed by atoms with Crippen LogP contribution in [0, 0.1) is 0 Å². The number of hydrogen-bond donors (Lipinski definition) is 3. The fourth-order valence-corrected chi connectivity index (χ4v) is 2.40. The lowest BCUT2D eigenvalue weighted by Crippen LogP contribution is -2.25. The van der Waals surface area contributed by atoms with Crippen molar-refractivity contribution >= 4 is 0 Å². The number of aliphatic hydroxyl groups is 1. The van der Waals surface area contributed by atoms with E-state index >= 15 is 0 Å². The van der Waals surface area contributed by atoms with E-state index in [-0.39, 0.29) is 11.8 Å². The molecular weight excluding hydrogens is 294 g/mol. The van der Waals surface area contributed by atoms with Gasteiger partial charge in [-0.25, -0.2) is 0 Å². The summed E-state index contributed by atoms with van der Waals surface area (Å²) in [6.07, 6.45) is -0.633. The number of benzene rings is 2. The molecule has 0 spiro atoms. The van der Waals surface area contributed by atoms with Gasteiger partial charge in [-0.15, -0.1) is 0 Å². The number of hydrogen-bond acceptors (Lipinski definition) is 5. The lowest BCUT2D eigenvalue weighted by molar-refractivity contribution is 0.170. The number of rotatable bonds is 7. The Labute approximate surface area is 136 Å². The first-order valence-electron chi connectivity index (χ1n) is 7.47. The third kappa shape index (κ3) is 4.37. The molecule has 0 aliphatic rings. The molecule has 2 rings (SSSR count). The van der Waals surface area contributed by atoms with Crippen molar-refractivity contribution in [3.05, 3.63) is 53.6 Å². The number of aliphatic hydroxyl groups excluding tert-OH is 1. The molecule has 0 radical (unpaired) electrons. The van der Waals surface area contributed by atoms with E-state index in [1.165, 1.54) is 0 Å². The molecule has 0 aromatic heterocycles. The molecule has 23 heavy (non-hydrogen) atoms. The zero-order valence-corrected chi connectivity index (χ0v) is 13.6. The van der Waals surface area contributed by atoms with Gasteiger partial charge in [0.15, 0.2) is 0 Å². The molecule has 5 nitrogen and oxygen atoms in total. The second-order valence-corrected chi connectivity index (χ2v) is 5.35. The lowest BCUT2D eigenvalue weighted by atomic mass is 10.1. The van der Waals surface area contributed by atoms with Crippen molar-refractivity contribution in [1.82, 2.24) is 5.32 Å². The van der Waals surface area contributed by atoms with Crippen molar-refractivity contribution in [1.29, 1.82) is 0 Å². The molecule has 0 fully saturated rings. The molecule has 0 aliphatic carbocycles. The second-order valence-electron chi connectivity index (χ2n) is 5.35. The van der Waals surface area contributed by atoms with Gasteiger partial charge in [0.25, 0.3) is 0 Å². The summed E-state index contributed by atoms with van der Waals surface area (Å²) >= 11 is 0. The maximum atomic E-state index is 10.3. The van der Waals surface area contributed by atoms with Gasteiger partial charge in [-0.2, -0.15) is 0 Å². The monoisotopic (exact) mass is 317 g/mol. The molecule has 0 amide bonds. The Balaban J connectivity index is 2.00. The molecule has 2 aromatic carbocycles. The van der Waals surface area contributed by atoms with Crippen LogP contribution >= 0.6 is 0 Å². The summed E-state index contributed by atoms with van der Waals surface area (Å²) in [5.74, 6) is 1.64. The average Bonchev–Trinajstić information content (AvgIpc) is 2.59. The van der Waals surface area contributed by atoms with Crippen molar-refractivity contribution in [2.24, 2.45) is 0 Å². The number of phenolic OH excluding ortho intramolecular Hbond substituents is 1. The molecule has 124 valence electrons. The quantitative estimate of drug-likeness (QED) is 0.732. The SMILES string of the molecule is COc1ccc([C@@H](O)CN[C@H](C)c2cc(O)ccc2OC)cc1. The zero-order valence-electron chi connectivity index (χ0n) is 13.6. The summed E-state index contributed by atoms with van der Waals surface area (Å²) in [5.41, 5.74) is 1.66. The molecule has 0 saturated carbocycles. The number of methoxy groups -OCH3 is 2. The third-order valence-corrected chi connectivity index (χ3v) is 3.80. The van der Waals surface area contributed by atoms with Crippen LogP contribution in [-0.2, 0) is 0 Å². The normalized spacial score (nSPS) is 13.4. The standard InChI is InChI=1S/C18H23NO4/c1-12(16-10-14(20)6-9-18(16)23-3)19-11-17(21)13-4-7-15(22-2)8-5-13/h4-10,12,17,19-21H,11H2,1-3H3/t12-,17+/m1/s1. The van der Waals surface area contributed by atoms with Gasteiger partial charge < -0.3 is 25.0 Å². The number of phenols is 1. The minimum atomic E-state index is -0.633. The first-order valence-corrected chi connectivity index (χ1v) is 7.47. The summed E-state index contributed by atoms with van der Waals surface area (Å²) in [4.78, 5) is 0. The van der Waals surface area contributed by atoms with Gasteiger partial charge in [0, 0.05) is 18.2 Å². The Morgan fingerprint density at radius 1 is 1.04 bits per heavy atom. The molecule has 0 bridgehead atoms. The van der Waals surface area contributed by atoms with Crippen LogP contribution in [0.1, 0.15) is 30.2 Å². The summed E-state index contributed by atoms with van der Waals surface area (Å²) in [7, 11) is 3.20. The largest absolute Gasteiger partial charge is 0.508 e. The van der Waals surface area contributed by atoms with E-state index in [4.69, 9.17) is 9.47 Å². The second kappa shape index (κ2) is 7.85. The van der Waals surface area contributed by atoms with E-state index < -0.39 is 6.10 Å². The number of aromatic hydroxyl groups is 1. The summed E-state index contributed by atoms with van der Waals surface area (Å²) < 4.78 is 10.4. The van der Waals surface area contributed by atoms with Gasteiger partial charge in [-0.3, -0.25) is 0 Å². The lowest BCUT2D eigenvalue weighted by Gasteiger charge is -2.20. The van der Waals surface area contributed by atoms with Crippen molar-refractivity contribution in [2.45, 2.75) is 19.1 Å². The van der Waals surface area contributed by atoms with Crippen LogP contribution in [0.2, 0.25) is 0 Å². The predicted octanol–water partition coefficient (Wildman–Crippen LogP) is 2.79. The summed E-state index contributed by atoms with van der Waals surface area (Å²) in [6.45, 7) is 2.34. The third-order valence-electron chi connectivity index (χ3n) is 3.80. The van der Waals surface area contributed by atoms with Crippen molar-refractivity contribution < 1.29 is 19.7 Å². The van der Waals surface area contributed by atoms with Gasteiger partial charge >= 0.3 is 0 Å². The Bertz CT molecular complexity index is 627. The minimum Gasteiger partial charge on any atom is -0.508 e. The van der Waals surface area contributed by atoms with Gasteiger partial charge in [-0.1, -0.05) is 12.1 Å². The molecule has 0 saturated heterocycles. The van der Waals surface area contributed by atoms with Crippen molar-refractivity contribution in [2.75, 3.05) is 20.8 Å². The van der Waals surface area contributed by atoms with Crippen molar-refractivity contribution in [3.63, 3.8) is 0 Å². The highest BCUT2D eigenvalue weighted by Crippen LogP contribution is 2.29. The Hall–Kier alpha value is -2.24. The molecule has 2 aromatic rings. The average molecular weight is 317 g/mol. The molecule has 0 aliphatic heterocycles. The van der Waals surface area contributed by atoms with E-state index in [9.17, 15) is 10.2 Å². The topological polar surface area (TPSA) is 71.0 Å². The van der Waals surface area contributed by atoms with Crippen LogP contribution in [0.25, 0.3) is 0 Å². The zero-order chi connectivity index (χ0) is 16.8. The molecule has 2 atom stereocenters.